The summed E-state index contributed by atoms with van der Waals surface area (Å²) in [6.07, 6.45) is 0. The van der Waals surface area contributed by atoms with E-state index < -0.39 is 28.6 Å². The maximum absolute atomic E-state index is 13.0. The predicted molar refractivity (Wildman–Crippen MR) is 41.6 cm³/mol. The monoisotopic (exact) mass is 190 g/mol. The summed E-state index contributed by atoms with van der Waals surface area (Å²) in [4.78, 5) is 0. The number of rotatable bonds is 1. The molecule has 0 heterocycles. The molecule has 1 aromatic carbocycles. The third kappa shape index (κ3) is 1.83. The van der Waals surface area contributed by atoms with E-state index in [-0.39, 0.29) is 0 Å². The molecule has 0 aliphatic carbocycles. The quantitative estimate of drug-likeness (QED) is 0.674. The lowest BCUT2D eigenvalue weighted by Gasteiger charge is -2.19. The largest absolute Gasteiger partial charge is 0.386 e. The number of hydrogen-bond acceptors (Lipinski definition) is 1. The van der Waals surface area contributed by atoms with Gasteiger partial charge in [0.05, 0.1) is 11.2 Å². The number of halogens is 3. The van der Waals surface area contributed by atoms with Crippen molar-refractivity contribution in [2.45, 2.75) is 19.4 Å². The van der Waals surface area contributed by atoms with E-state index in [1.54, 1.807) is 0 Å². The lowest BCUT2D eigenvalue weighted by molar-refractivity contribution is 0.0693. The van der Waals surface area contributed by atoms with E-state index in [9.17, 15) is 18.3 Å². The Morgan fingerprint density at radius 3 is 1.92 bits per heavy atom. The van der Waals surface area contributed by atoms with Gasteiger partial charge in [0.15, 0.2) is 11.6 Å². The van der Waals surface area contributed by atoms with Crippen molar-refractivity contribution in [3.05, 3.63) is 35.1 Å². The van der Waals surface area contributed by atoms with Crippen LogP contribution in [0.25, 0.3) is 0 Å². The first-order valence-electron chi connectivity index (χ1n) is 3.70. The van der Waals surface area contributed by atoms with Gasteiger partial charge in [-0.25, -0.2) is 13.2 Å². The first-order chi connectivity index (χ1) is 5.84. The Morgan fingerprint density at radius 1 is 1.08 bits per heavy atom. The minimum Gasteiger partial charge on any atom is -0.386 e. The highest BCUT2D eigenvalue weighted by Crippen LogP contribution is 2.26. The SMILES string of the molecule is CC(C)(O)c1c(F)ccc(F)c1F. The van der Waals surface area contributed by atoms with Crippen molar-refractivity contribution >= 4 is 0 Å². The zero-order valence-electron chi connectivity index (χ0n) is 7.24. The van der Waals surface area contributed by atoms with Crippen LogP contribution in [0.2, 0.25) is 0 Å². The van der Waals surface area contributed by atoms with Gasteiger partial charge >= 0.3 is 0 Å². The fourth-order valence-electron chi connectivity index (χ4n) is 1.09. The molecule has 1 N–H and O–H groups in total. The molecular weight excluding hydrogens is 181 g/mol. The van der Waals surface area contributed by atoms with Crippen LogP contribution in [0.15, 0.2) is 12.1 Å². The third-order valence-electron chi connectivity index (χ3n) is 1.66. The molecule has 0 unspecified atom stereocenters. The summed E-state index contributed by atoms with van der Waals surface area (Å²) in [5, 5.41) is 9.33. The van der Waals surface area contributed by atoms with Crippen molar-refractivity contribution in [1.29, 1.82) is 0 Å². The van der Waals surface area contributed by atoms with Crippen LogP contribution in [0, 0.1) is 17.5 Å². The normalized spacial score (nSPS) is 11.8. The molecule has 0 aromatic heterocycles. The zero-order valence-corrected chi connectivity index (χ0v) is 7.24. The first-order valence-corrected chi connectivity index (χ1v) is 3.70. The van der Waals surface area contributed by atoms with Crippen molar-refractivity contribution < 1.29 is 18.3 Å². The second kappa shape index (κ2) is 3.03. The van der Waals surface area contributed by atoms with E-state index in [4.69, 9.17) is 0 Å². The molecule has 0 radical (unpaired) electrons. The van der Waals surface area contributed by atoms with Crippen molar-refractivity contribution in [2.24, 2.45) is 0 Å². The Balaban J connectivity index is 3.43. The van der Waals surface area contributed by atoms with Crippen molar-refractivity contribution in [3.8, 4) is 0 Å². The summed E-state index contributed by atoms with van der Waals surface area (Å²) < 4.78 is 38.6. The van der Waals surface area contributed by atoms with Gasteiger partial charge in [0, 0.05) is 0 Å². The van der Waals surface area contributed by atoms with E-state index in [1.807, 2.05) is 0 Å². The summed E-state index contributed by atoms with van der Waals surface area (Å²) in [6.45, 7) is 2.38. The van der Waals surface area contributed by atoms with Gasteiger partial charge in [0.2, 0.25) is 0 Å². The van der Waals surface area contributed by atoms with Crippen LogP contribution in [0.1, 0.15) is 19.4 Å². The van der Waals surface area contributed by atoms with Gasteiger partial charge in [-0.3, -0.25) is 0 Å². The number of aliphatic hydroxyl groups is 1. The highest BCUT2D eigenvalue weighted by Gasteiger charge is 2.26. The zero-order chi connectivity index (χ0) is 10.2. The molecule has 4 heteroatoms. The minimum absolute atomic E-state index is 0.646. The maximum atomic E-state index is 13.0. The molecule has 72 valence electrons. The Bertz CT molecular complexity index is 328. The molecule has 0 aliphatic rings. The highest BCUT2D eigenvalue weighted by atomic mass is 19.2. The van der Waals surface area contributed by atoms with Crippen molar-refractivity contribution in [2.75, 3.05) is 0 Å². The van der Waals surface area contributed by atoms with E-state index in [1.165, 1.54) is 13.8 Å². The topological polar surface area (TPSA) is 20.2 Å². The molecule has 0 spiro atoms. The summed E-state index contributed by atoms with van der Waals surface area (Å²) >= 11 is 0. The molecule has 1 rings (SSSR count). The highest BCUT2D eigenvalue weighted by molar-refractivity contribution is 5.25. The Morgan fingerprint density at radius 2 is 1.54 bits per heavy atom. The lowest BCUT2D eigenvalue weighted by Crippen LogP contribution is -2.20. The Hall–Kier alpha value is -1.03. The fourth-order valence-corrected chi connectivity index (χ4v) is 1.09. The maximum Gasteiger partial charge on any atom is 0.167 e. The first kappa shape index (κ1) is 10.1. The molecule has 1 nitrogen and oxygen atoms in total. The van der Waals surface area contributed by atoms with E-state index >= 15 is 0 Å². The molecule has 0 saturated carbocycles. The fraction of sp³-hybridized carbons (Fsp3) is 0.333. The molecule has 0 saturated heterocycles. The number of benzene rings is 1. The second-order valence-electron chi connectivity index (χ2n) is 3.28. The predicted octanol–water partition coefficient (Wildman–Crippen LogP) is 2.33. The van der Waals surface area contributed by atoms with Gasteiger partial charge in [0.1, 0.15) is 5.82 Å². The molecule has 0 amide bonds. The average Bonchev–Trinajstić information content (AvgIpc) is 1.95. The average molecular weight is 190 g/mol. The summed E-state index contributed by atoms with van der Waals surface area (Å²) in [6, 6.07) is 1.46. The van der Waals surface area contributed by atoms with Crippen LogP contribution >= 0.6 is 0 Å². The minimum atomic E-state index is -1.73. The van der Waals surface area contributed by atoms with Crippen LogP contribution < -0.4 is 0 Å². The van der Waals surface area contributed by atoms with E-state index in [0.29, 0.717) is 6.07 Å². The van der Waals surface area contributed by atoms with Gasteiger partial charge < -0.3 is 5.11 Å². The van der Waals surface area contributed by atoms with Crippen LogP contribution in [-0.2, 0) is 5.60 Å². The van der Waals surface area contributed by atoms with E-state index in [2.05, 4.69) is 0 Å². The van der Waals surface area contributed by atoms with Gasteiger partial charge in [-0.05, 0) is 26.0 Å². The van der Waals surface area contributed by atoms with Crippen molar-refractivity contribution in [3.63, 3.8) is 0 Å². The van der Waals surface area contributed by atoms with Gasteiger partial charge in [0.25, 0.3) is 0 Å². The van der Waals surface area contributed by atoms with Crippen LogP contribution in [0.3, 0.4) is 0 Å². The summed E-state index contributed by atoms with van der Waals surface area (Å²) in [5.74, 6) is -3.46. The van der Waals surface area contributed by atoms with E-state index in [0.717, 1.165) is 6.07 Å². The summed E-state index contributed by atoms with van der Waals surface area (Å²) in [5.41, 5.74) is -2.37. The Kier molecular flexibility index (Phi) is 2.34. The second-order valence-corrected chi connectivity index (χ2v) is 3.28. The van der Waals surface area contributed by atoms with Gasteiger partial charge in [-0.2, -0.15) is 0 Å². The van der Waals surface area contributed by atoms with Crippen molar-refractivity contribution in [1.82, 2.24) is 0 Å². The molecule has 13 heavy (non-hydrogen) atoms. The van der Waals surface area contributed by atoms with Gasteiger partial charge in [-0.15, -0.1) is 0 Å². The van der Waals surface area contributed by atoms with Gasteiger partial charge in [-0.1, -0.05) is 0 Å². The van der Waals surface area contributed by atoms with Crippen LogP contribution in [0.4, 0.5) is 13.2 Å². The van der Waals surface area contributed by atoms with Crippen LogP contribution in [-0.4, -0.2) is 5.11 Å². The number of hydrogen-bond donors (Lipinski definition) is 1. The standard InChI is InChI=1S/C9H9F3O/c1-9(2,13)7-5(10)3-4-6(11)8(7)12/h3-4,13H,1-2H3. The molecule has 0 bridgehead atoms. The molecule has 0 aliphatic heterocycles. The molecule has 1 aromatic rings. The summed E-state index contributed by atoms with van der Waals surface area (Å²) in [7, 11) is 0. The smallest absolute Gasteiger partial charge is 0.167 e. The lowest BCUT2D eigenvalue weighted by atomic mass is 9.97. The third-order valence-corrected chi connectivity index (χ3v) is 1.66. The van der Waals surface area contributed by atoms with Crippen LogP contribution in [0.5, 0.6) is 0 Å². The molecule has 0 atom stereocenters. The molecule has 0 fully saturated rings. The molecular formula is C9H9F3O. The Labute approximate surface area is 73.8 Å².